The molecule has 0 radical (unpaired) electrons. The summed E-state index contributed by atoms with van der Waals surface area (Å²) in [6, 6.07) is 8.25. The zero-order valence-corrected chi connectivity index (χ0v) is 19.4. The van der Waals surface area contributed by atoms with E-state index in [2.05, 4.69) is 27.2 Å². The third-order valence-corrected chi connectivity index (χ3v) is 7.89. The highest BCUT2D eigenvalue weighted by molar-refractivity contribution is 7.89. The second-order valence-corrected chi connectivity index (χ2v) is 10.4. The van der Waals surface area contributed by atoms with Gasteiger partial charge in [-0.25, -0.2) is 23.1 Å². The van der Waals surface area contributed by atoms with Crippen molar-refractivity contribution in [3.8, 4) is 0 Å². The van der Waals surface area contributed by atoms with Crippen LogP contribution in [-0.4, -0.2) is 30.7 Å². The van der Waals surface area contributed by atoms with Crippen molar-refractivity contribution < 1.29 is 8.42 Å². The summed E-state index contributed by atoms with van der Waals surface area (Å²) in [6.45, 7) is 2.86. The van der Waals surface area contributed by atoms with E-state index in [4.69, 9.17) is 16.6 Å². The molecule has 0 amide bonds. The molecule has 164 valence electrons. The highest BCUT2D eigenvalue weighted by Gasteiger charge is 2.48. The summed E-state index contributed by atoms with van der Waals surface area (Å²) in [7, 11) is -3.29. The maximum absolute atomic E-state index is 12.0. The summed E-state index contributed by atoms with van der Waals surface area (Å²) in [4.78, 5) is 9.24. The second-order valence-electron chi connectivity index (χ2n) is 7.99. The standard InChI is InChI=1S/C21H27ClN4O2S.ClH/c1-2-12-29(27,28)25-14-18-24-13-15-8-11-23-20(19(15)26-18)21(9-3-10-21)16-4-6-17(22)7-5-16;/h4-7,13,20,23,25H,2-3,8-12,14H2,1H3;1H. The molecule has 0 spiro atoms. The molecule has 0 bridgehead atoms. The van der Waals surface area contributed by atoms with Gasteiger partial charge in [-0.05, 0) is 55.5 Å². The highest BCUT2D eigenvalue weighted by atomic mass is 35.5. The van der Waals surface area contributed by atoms with E-state index in [1.165, 1.54) is 12.0 Å². The van der Waals surface area contributed by atoms with Gasteiger partial charge in [0.25, 0.3) is 0 Å². The monoisotopic (exact) mass is 470 g/mol. The van der Waals surface area contributed by atoms with Gasteiger partial charge in [0.05, 0.1) is 24.0 Å². The minimum Gasteiger partial charge on any atom is -0.308 e. The number of rotatable bonds is 7. The van der Waals surface area contributed by atoms with Crippen LogP contribution in [-0.2, 0) is 28.4 Å². The zero-order valence-electron chi connectivity index (χ0n) is 17.0. The van der Waals surface area contributed by atoms with E-state index >= 15 is 0 Å². The molecule has 6 nitrogen and oxygen atoms in total. The molecule has 1 unspecified atom stereocenters. The van der Waals surface area contributed by atoms with Gasteiger partial charge in [-0.3, -0.25) is 0 Å². The van der Waals surface area contributed by atoms with Crippen LogP contribution in [0.4, 0.5) is 0 Å². The Morgan fingerprint density at radius 1 is 1.27 bits per heavy atom. The number of halogens is 2. The van der Waals surface area contributed by atoms with Gasteiger partial charge in [0.2, 0.25) is 10.0 Å². The Hall–Kier alpha value is -1.25. The maximum atomic E-state index is 12.0. The fourth-order valence-corrected chi connectivity index (χ4v) is 5.65. The van der Waals surface area contributed by atoms with Gasteiger partial charge in [-0.15, -0.1) is 12.4 Å². The summed E-state index contributed by atoms with van der Waals surface area (Å²) >= 11 is 6.11. The van der Waals surface area contributed by atoms with E-state index < -0.39 is 10.0 Å². The van der Waals surface area contributed by atoms with Crippen LogP contribution < -0.4 is 10.0 Å². The molecule has 1 saturated carbocycles. The van der Waals surface area contributed by atoms with Crippen molar-refractivity contribution in [3.63, 3.8) is 0 Å². The molecule has 1 aromatic carbocycles. The van der Waals surface area contributed by atoms with Crippen molar-refractivity contribution in [3.05, 3.63) is 58.1 Å². The van der Waals surface area contributed by atoms with Crippen molar-refractivity contribution in [2.45, 2.75) is 57.0 Å². The van der Waals surface area contributed by atoms with Crippen molar-refractivity contribution in [1.29, 1.82) is 0 Å². The van der Waals surface area contributed by atoms with Crippen LogP contribution in [0.15, 0.2) is 30.5 Å². The molecule has 1 aliphatic carbocycles. The number of nitrogens with one attached hydrogen (secondary N) is 2. The van der Waals surface area contributed by atoms with Gasteiger partial charge in [0.15, 0.2) is 0 Å². The number of hydrogen-bond acceptors (Lipinski definition) is 5. The number of hydrogen-bond donors (Lipinski definition) is 2. The average Bonchev–Trinajstić information content (AvgIpc) is 2.67. The van der Waals surface area contributed by atoms with Crippen LogP contribution in [0, 0.1) is 0 Å². The summed E-state index contributed by atoms with van der Waals surface area (Å²) in [5.74, 6) is 0.629. The Balaban J connectivity index is 0.00000256. The van der Waals surface area contributed by atoms with Gasteiger partial charge in [0, 0.05) is 16.6 Å². The molecule has 4 rings (SSSR count). The van der Waals surface area contributed by atoms with Crippen molar-refractivity contribution in [1.82, 2.24) is 20.0 Å². The zero-order chi connectivity index (χ0) is 20.5. The predicted molar refractivity (Wildman–Crippen MR) is 122 cm³/mol. The normalized spacial score (nSPS) is 20.0. The molecule has 2 heterocycles. The van der Waals surface area contributed by atoms with Crippen LogP contribution in [0.3, 0.4) is 0 Å². The lowest BCUT2D eigenvalue weighted by atomic mass is 9.58. The predicted octanol–water partition coefficient (Wildman–Crippen LogP) is 3.69. The van der Waals surface area contributed by atoms with Gasteiger partial charge in [-0.2, -0.15) is 0 Å². The Bertz CT molecular complexity index is 979. The number of aromatic nitrogens is 2. The Morgan fingerprint density at radius 2 is 2.00 bits per heavy atom. The van der Waals surface area contributed by atoms with E-state index in [0.29, 0.717) is 12.2 Å². The minimum atomic E-state index is -3.29. The van der Waals surface area contributed by atoms with E-state index in [0.717, 1.165) is 42.1 Å². The van der Waals surface area contributed by atoms with Gasteiger partial charge < -0.3 is 5.32 Å². The molecular weight excluding hydrogens is 443 g/mol. The van der Waals surface area contributed by atoms with E-state index in [9.17, 15) is 8.42 Å². The molecule has 1 fully saturated rings. The molecule has 1 aromatic heterocycles. The minimum absolute atomic E-state index is 0. The van der Waals surface area contributed by atoms with Crippen LogP contribution >= 0.6 is 24.0 Å². The SMILES string of the molecule is CCCS(=O)(=O)NCc1ncc2c(n1)C(C1(c3ccc(Cl)cc3)CCC1)NCC2.Cl. The van der Waals surface area contributed by atoms with Crippen molar-refractivity contribution in [2.24, 2.45) is 0 Å². The van der Waals surface area contributed by atoms with Gasteiger partial charge >= 0.3 is 0 Å². The van der Waals surface area contributed by atoms with E-state index in [-0.39, 0.29) is 36.2 Å². The van der Waals surface area contributed by atoms with Gasteiger partial charge in [-0.1, -0.05) is 37.1 Å². The number of benzene rings is 1. The van der Waals surface area contributed by atoms with E-state index in [1.54, 1.807) is 0 Å². The lowest BCUT2D eigenvalue weighted by Crippen LogP contribution is -2.49. The Kier molecular flexibility index (Phi) is 7.40. The fraction of sp³-hybridized carbons (Fsp3) is 0.524. The smallest absolute Gasteiger partial charge is 0.211 e. The first-order chi connectivity index (χ1) is 13.9. The number of sulfonamides is 1. The fourth-order valence-electron chi connectivity index (χ4n) is 4.49. The molecule has 2 aromatic rings. The van der Waals surface area contributed by atoms with E-state index in [1.807, 2.05) is 25.3 Å². The maximum Gasteiger partial charge on any atom is 0.211 e. The first kappa shape index (κ1) is 23.4. The third kappa shape index (κ3) is 4.65. The highest BCUT2D eigenvalue weighted by Crippen LogP contribution is 2.53. The molecule has 0 saturated heterocycles. The van der Waals surface area contributed by atoms with Crippen molar-refractivity contribution in [2.75, 3.05) is 12.3 Å². The quantitative estimate of drug-likeness (QED) is 0.644. The van der Waals surface area contributed by atoms with Gasteiger partial charge in [0.1, 0.15) is 5.82 Å². The summed E-state index contributed by atoms with van der Waals surface area (Å²) < 4.78 is 26.6. The largest absolute Gasteiger partial charge is 0.308 e. The topological polar surface area (TPSA) is 84.0 Å². The first-order valence-corrected chi connectivity index (χ1v) is 12.3. The Labute approximate surface area is 189 Å². The lowest BCUT2D eigenvalue weighted by Gasteiger charge is -2.50. The molecular formula is C21H28Cl2N4O2S. The molecule has 1 atom stereocenters. The van der Waals surface area contributed by atoms with Crippen LogP contribution in [0.1, 0.15) is 61.3 Å². The second kappa shape index (κ2) is 9.49. The first-order valence-electron chi connectivity index (χ1n) is 10.2. The number of nitrogens with zero attached hydrogens (tertiary/aromatic N) is 2. The van der Waals surface area contributed by atoms with Crippen LogP contribution in [0.25, 0.3) is 0 Å². The Morgan fingerprint density at radius 3 is 2.63 bits per heavy atom. The summed E-state index contributed by atoms with van der Waals surface area (Å²) in [6.07, 6.45) is 6.70. The average molecular weight is 471 g/mol. The molecule has 1 aliphatic heterocycles. The summed E-state index contributed by atoms with van der Waals surface area (Å²) in [5, 5.41) is 4.43. The van der Waals surface area contributed by atoms with Crippen LogP contribution in [0.5, 0.6) is 0 Å². The molecule has 2 N–H and O–H groups in total. The third-order valence-electron chi connectivity index (χ3n) is 6.10. The van der Waals surface area contributed by atoms with Crippen LogP contribution in [0.2, 0.25) is 5.02 Å². The molecule has 30 heavy (non-hydrogen) atoms. The van der Waals surface area contributed by atoms with Crippen molar-refractivity contribution >= 4 is 34.0 Å². The molecule has 2 aliphatic rings. The molecule has 9 heteroatoms. The lowest BCUT2D eigenvalue weighted by molar-refractivity contribution is 0.161. The summed E-state index contributed by atoms with van der Waals surface area (Å²) in [5.41, 5.74) is 3.43. The number of fused-ring (bicyclic) bond motifs is 1.